The lowest BCUT2D eigenvalue weighted by atomic mass is 9.97. The number of hydrogen-bond acceptors (Lipinski definition) is 12. The van der Waals surface area contributed by atoms with E-state index in [9.17, 15) is 9.59 Å². The van der Waals surface area contributed by atoms with Gasteiger partial charge in [0.1, 0.15) is 23.0 Å². The van der Waals surface area contributed by atoms with Crippen LogP contribution in [0.15, 0.2) is 85.6 Å². The van der Waals surface area contributed by atoms with Crippen LogP contribution >= 0.6 is 0 Å². The molecule has 16 heteroatoms. The lowest BCUT2D eigenvalue weighted by molar-refractivity contribution is -0.120. The molecule has 6 heterocycles. The first-order valence-corrected chi connectivity index (χ1v) is 16.6. The van der Waals surface area contributed by atoms with Gasteiger partial charge in [0.25, 0.3) is 5.91 Å². The molecule has 8 rings (SSSR count). The average molecular weight is 694 g/mol. The van der Waals surface area contributed by atoms with E-state index in [1.54, 1.807) is 31.0 Å². The molecule has 0 spiro atoms. The summed E-state index contributed by atoms with van der Waals surface area (Å²) < 4.78 is 5.57. The molecule has 2 amide bonds. The first-order valence-electron chi connectivity index (χ1n) is 16.6. The van der Waals surface area contributed by atoms with Crippen LogP contribution in [-0.4, -0.2) is 81.8 Å². The maximum Gasteiger partial charge on any atom is 0.264 e. The molecule has 1 unspecified atom stereocenters. The van der Waals surface area contributed by atoms with E-state index in [1.165, 1.54) is 17.5 Å². The second-order valence-corrected chi connectivity index (χ2v) is 11.9. The summed E-state index contributed by atoms with van der Waals surface area (Å²) in [4.78, 5) is 52.0. The summed E-state index contributed by atoms with van der Waals surface area (Å²) in [5.41, 5.74) is 4.02. The molecular formula is C35H43N13O3. The highest BCUT2D eigenvalue weighted by Crippen LogP contribution is 2.26. The summed E-state index contributed by atoms with van der Waals surface area (Å²) in [6.45, 7) is 1.38. The first-order chi connectivity index (χ1) is 25.1. The number of carbonyl (C=O) groups excluding carboxylic acids is 2. The number of H-pyrrole nitrogens is 2. The molecule has 1 aliphatic carbocycles. The van der Waals surface area contributed by atoms with Crippen molar-refractivity contribution in [1.29, 1.82) is 0 Å². The number of pyridine rings is 2. The minimum atomic E-state index is -0.313. The van der Waals surface area contributed by atoms with Crippen molar-refractivity contribution in [3.63, 3.8) is 0 Å². The Morgan fingerprint density at radius 2 is 1.55 bits per heavy atom. The topological polar surface area (TPSA) is 205 Å². The number of nitrogens with zero attached hydrogens (tertiary/aromatic N) is 9. The van der Waals surface area contributed by atoms with Crippen molar-refractivity contribution < 1.29 is 20.0 Å². The Balaban J connectivity index is 0.000000275. The van der Waals surface area contributed by atoms with Crippen LogP contribution in [0.3, 0.4) is 0 Å². The van der Waals surface area contributed by atoms with Crippen LogP contribution in [0.4, 0.5) is 17.7 Å². The van der Waals surface area contributed by atoms with E-state index < -0.39 is 0 Å². The van der Waals surface area contributed by atoms with E-state index in [4.69, 9.17) is 4.74 Å². The van der Waals surface area contributed by atoms with Crippen molar-refractivity contribution in [3.05, 3.63) is 96.7 Å². The van der Waals surface area contributed by atoms with Gasteiger partial charge in [-0.25, -0.2) is 4.98 Å². The summed E-state index contributed by atoms with van der Waals surface area (Å²) in [7, 11) is 0. The van der Waals surface area contributed by atoms with Crippen molar-refractivity contribution in [2.75, 3.05) is 35.2 Å². The number of ether oxygens (including phenoxy) is 1. The molecule has 1 aromatic carbocycles. The number of carbonyl (C=O) groups is 2. The number of fused-ring (bicyclic) bond motifs is 1. The van der Waals surface area contributed by atoms with Gasteiger partial charge in [-0.15, -0.1) is 10.2 Å². The van der Waals surface area contributed by atoms with Crippen molar-refractivity contribution in [2.45, 2.75) is 32.1 Å². The van der Waals surface area contributed by atoms with E-state index in [0.717, 1.165) is 38.0 Å². The standard InChI is InChI=1S/C18H17N5O2.C17H18N8O.4H2/c24-16(11-25-14-8-7-12-4-3-5-13(12)10-14)20-18-21-17(22-23-18)15-6-1-2-9-19-15;26-16(12-4-3-9-25(11-12)14-10-18-7-8-20-14)22-17-21-15(23-24-17)13-5-1-2-6-19-13;;;;/h1-2,6-10H,3-5,11H2,(H2,20,21,22,23,24);1-2,5-8,10,12H,3-4,9,11H2,(H2,21,22,23,24,26);4*1H. The number of aromatic amines is 2. The zero-order chi connectivity index (χ0) is 34.8. The molecule has 1 fully saturated rings. The molecule has 1 atom stereocenters. The summed E-state index contributed by atoms with van der Waals surface area (Å²) >= 11 is 0. The lowest BCUT2D eigenvalue weighted by Gasteiger charge is -2.32. The number of nitrogens with one attached hydrogen (secondary N) is 4. The molecule has 0 radical (unpaired) electrons. The minimum Gasteiger partial charge on any atom is -0.484 e. The van der Waals surface area contributed by atoms with Crippen LogP contribution in [0.5, 0.6) is 5.75 Å². The Morgan fingerprint density at radius 3 is 2.24 bits per heavy atom. The van der Waals surface area contributed by atoms with Gasteiger partial charge in [-0.3, -0.25) is 45.4 Å². The van der Waals surface area contributed by atoms with Crippen LogP contribution < -0.4 is 20.3 Å². The van der Waals surface area contributed by atoms with Gasteiger partial charge < -0.3 is 9.64 Å². The number of aromatic nitrogens is 10. The number of rotatable bonds is 9. The Labute approximate surface area is 298 Å². The Kier molecular flexibility index (Phi) is 10.2. The fourth-order valence-electron chi connectivity index (χ4n) is 5.88. The Bertz CT molecular complexity index is 2080. The van der Waals surface area contributed by atoms with E-state index >= 15 is 0 Å². The lowest BCUT2D eigenvalue weighted by Crippen LogP contribution is -2.41. The van der Waals surface area contributed by atoms with E-state index in [0.29, 0.717) is 35.3 Å². The predicted octanol–water partition coefficient (Wildman–Crippen LogP) is 4.87. The van der Waals surface area contributed by atoms with Gasteiger partial charge in [0.2, 0.25) is 17.8 Å². The van der Waals surface area contributed by atoms with Gasteiger partial charge in [-0.05, 0) is 79.6 Å². The molecule has 51 heavy (non-hydrogen) atoms. The largest absolute Gasteiger partial charge is 0.484 e. The molecule has 5 aromatic heterocycles. The summed E-state index contributed by atoms with van der Waals surface area (Å²) in [5.74, 6) is 2.41. The Hall–Kier alpha value is -6.58. The molecule has 16 nitrogen and oxygen atoms in total. The molecule has 0 saturated carbocycles. The minimum absolute atomic E-state index is 0. The highest BCUT2D eigenvalue weighted by atomic mass is 16.5. The van der Waals surface area contributed by atoms with Crippen molar-refractivity contribution in [3.8, 4) is 28.8 Å². The van der Waals surface area contributed by atoms with Gasteiger partial charge in [0, 0.05) is 43.6 Å². The normalized spacial score (nSPS) is 14.9. The number of anilines is 3. The second kappa shape index (κ2) is 15.8. The molecule has 1 saturated heterocycles. The number of aryl methyl sites for hydroxylation is 2. The monoisotopic (exact) mass is 693 g/mol. The number of amides is 2. The fourth-order valence-corrected chi connectivity index (χ4v) is 5.88. The third kappa shape index (κ3) is 8.54. The predicted molar refractivity (Wildman–Crippen MR) is 196 cm³/mol. The van der Waals surface area contributed by atoms with Gasteiger partial charge in [0.15, 0.2) is 18.3 Å². The van der Waals surface area contributed by atoms with Crippen LogP contribution in [0.25, 0.3) is 23.0 Å². The number of benzene rings is 1. The molecule has 4 N–H and O–H groups in total. The molecule has 1 aliphatic heterocycles. The molecular weight excluding hydrogens is 650 g/mol. The van der Waals surface area contributed by atoms with Crippen molar-refractivity contribution in [1.82, 2.24) is 50.3 Å². The van der Waals surface area contributed by atoms with E-state index in [-0.39, 0.29) is 41.9 Å². The number of piperidine rings is 1. The summed E-state index contributed by atoms with van der Waals surface area (Å²) in [5, 5.41) is 19.0. The van der Waals surface area contributed by atoms with Crippen LogP contribution in [-0.2, 0) is 22.4 Å². The molecule has 0 bridgehead atoms. The molecule has 266 valence electrons. The maximum absolute atomic E-state index is 12.6. The fraction of sp³-hybridized carbons (Fsp3) is 0.257. The first kappa shape index (κ1) is 32.9. The van der Waals surface area contributed by atoms with Crippen molar-refractivity contribution >= 4 is 29.5 Å². The zero-order valence-corrected chi connectivity index (χ0v) is 27.6. The summed E-state index contributed by atoms with van der Waals surface area (Å²) in [6, 6.07) is 17.0. The van der Waals surface area contributed by atoms with Gasteiger partial charge in [-0.2, -0.15) is 9.97 Å². The zero-order valence-electron chi connectivity index (χ0n) is 27.6. The van der Waals surface area contributed by atoms with Gasteiger partial charge >= 0.3 is 0 Å². The van der Waals surface area contributed by atoms with Gasteiger partial charge in [0.05, 0.1) is 12.1 Å². The smallest absolute Gasteiger partial charge is 0.264 e. The van der Waals surface area contributed by atoms with E-state index in [1.807, 2.05) is 48.5 Å². The Morgan fingerprint density at radius 1 is 0.824 bits per heavy atom. The van der Waals surface area contributed by atoms with Gasteiger partial charge in [-0.1, -0.05) is 18.2 Å². The van der Waals surface area contributed by atoms with Crippen LogP contribution in [0.1, 0.15) is 36.1 Å². The average Bonchev–Trinajstić information content (AvgIpc) is 3.97. The van der Waals surface area contributed by atoms with Crippen LogP contribution in [0, 0.1) is 5.92 Å². The summed E-state index contributed by atoms with van der Waals surface area (Å²) in [6.07, 6.45) is 13.5. The second-order valence-electron chi connectivity index (χ2n) is 11.9. The number of hydrogen-bond donors (Lipinski definition) is 4. The third-order valence-electron chi connectivity index (χ3n) is 8.38. The highest BCUT2D eigenvalue weighted by molar-refractivity contribution is 5.91. The quantitative estimate of drug-likeness (QED) is 0.160. The maximum atomic E-state index is 12.6. The third-order valence-corrected chi connectivity index (χ3v) is 8.38. The van der Waals surface area contributed by atoms with Crippen LogP contribution in [0.2, 0.25) is 0 Å². The van der Waals surface area contributed by atoms with Crippen molar-refractivity contribution in [2.24, 2.45) is 5.92 Å². The van der Waals surface area contributed by atoms with E-state index in [2.05, 4.69) is 71.9 Å². The highest BCUT2D eigenvalue weighted by Gasteiger charge is 2.27. The molecule has 6 aromatic rings. The SMILES string of the molecule is O=C(COc1ccc2c(c1)CCC2)Nc1n[nH]c(-c2ccccn2)n1.O=C(Nc1n[nH]c(-c2ccccn2)n1)C1CCCN(c2cnccn2)C1.[HH].[HH].[HH].[HH]. The molecule has 2 aliphatic rings.